The topological polar surface area (TPSA) is 59.3 Å². The standard InChI is InChI=1S/C20H17ClFNO3/c1-2-25-18(24)9-14-5-6-17(13-3-4-13)20(19(14)22)26-16-8-12(11-23)7-15(21)10-16/h5-8,10,13H,2-4,9H2,1H3. The Morgan fingerprint density at radius 3 is 2.77 bits per heavy atom. The first-order valence-electron chi connectivity index (χ1n) is 8.37. The van der Waals surface area contributed by atoms with E-state index in [9.17, 15) is 4.79 Å². The average molecular weight is 374 g/mol. The predicted molar refractivity (Wildman–Crippen MR) is 95.0 cm³/mol. The maximum atomic E-state index is 15.1. The first-order chi connectivity index (χ1) is 12.5. The van der Waals surface area contributed by atoms with E-state index in [-0.39, 0.29) is 36.0 Å². The van der Waals surface area contributed by atoms with Crippen molar-refractivity contribution in [2.75, 3.05) is 6.61 Å². The van der Waals surface area contributed by atoms with Gasteiger partial charge in [0.15, 0.2) is 11.6 Å². The number of nitrogens with zero attached hydrogens (tertiary/aromatic N) is 1. The third kappa shape index (κ3) is 4.14. The lowest BCUT2D eigenvalue weighted by Gasteiger charge is -2.15. The smallest absolute Gasteiger partial charge is 0.310 e. The number of hydrogen-bond acceptors (Lipinski definition) is 4. The molecule has 1 aliphatic carbocycles. The number of hydrogen-bond donors (Lipinski definition) is 0. The van der Waals surface area contributed by atoms with Crippen molar-refractivity contribution in [1.82, 2.24) is 0 Å². The highest BCUT2D eigenvalue weighted by Gasteiger charge is 2.30. The van der Waals surface area contributed by atoms with E-state index < -0.39 is 11.8 Å². The summed E-state index contributed by atoms with van der Waals surface area (Å²) in [4.78, 5) is 11.7. The average Bonchev–Trinajstić information content (AvgIpc) is 3.43. The van der Waals surface area contributed by atoms with Crippen molar-refractivity contribution < 1.29 is 18.7 Å². The molecular weight excluding hydrogens is 357 g/mol. The fraction of sp³-hybridized carbons (Fsp3) is 0.300. The van der Waals surface area contributed by atoms with Gasteiger partial charge in [-0.15, -0.1) is 0 Å². The molecule has 0 bridgehead atoms. The number of benzene rings is 2. The minimum atomic E-state index is -0.582. The molecule has 1 aliphatic rings. The molecule has 0 spiro atoms. The van der Waals surface area contributed by atoms with Crippen LogP contribution in [0.4, 0.5) is 4.39 Å². The molecule has 0 aliphatic heterocycles. The van der Waals surface area contributed by atoms with E-state index in [0.29, 0.717) is 10.6 Å². The lowest BCUT2D eigenvalue weighted by atomic mass is 10.0. The maximum absolute atomic E-state index is 15.1. The summed E-state index contributed by atoms with van der Waals surface area (Å²) in [6.07, 6.45) is 1.76. The number of rotatable bonds is 6. The number of ether oxygens (including phenoxy) is 2. The van der Waals surface area contributed by atoms with Gasteiger partial charge in [-0.3, -0.25) is 4.79 Å². The van der Waals surface area contributed by atoms with E-state index in [1.807, 2.05) is 6.07 Å². The van der Waals surface area contributed by atoms with Crippen LogP contribution in [0.1, 0.15) is 42.4 Å². The Morgan fingerprint density at radius 1 is 1.35 bits per heavy atom. The first-order valence-corrected chi connectivity index (χ1v) is 8.75. The number of halogens is 2. The van der Waals surface area contributed by atoms with Crippen molar-refractivity contribution in [3.8, 4) is 17.6 Å². The molecule has 0 aromatic heterocycles. The van der Waals surface area contributed by atoms with Gasteiger partial charge in [0.2, 0.25) is 0 Å². The van der Waals surface area contributed by atoms with Gasteiger partial charge >= 0.3 is 5.97 Å². The van der Waals surface area contributed by atoms with E-state index in [4.69, 9.17) is 26.3 Å². The van der Waals surface area contributed by atoms with Crippen LogP contribution in [0.25, 0.3) is 0 Å². The molecule has 2 aromatic carbocycles. The molecule has 4 nitrogen and oxygen atoms in total. The Balaban J connectivity index is 1.97. The maximum Gasteiger partial charge on any atom is 0.310 e. The van der Waals surface area contributed by atoms with Crippen molar-refractivity contribution >= 4 is 17.6 Å². The van der Waals surface area contributed by atoms with Crippen LogP contribution in [0, 0.1) is 17.1 Å². The van der Waals surface area contributed by atoms with Crippen LogP contribution in [0.3, 0.4) is 0 Å². The van der Waals surface area contributed by atoms with Crippen molar-refractivity contribution in [2.24, 2.45) is 0 Å². The minimum Gasteiger partial charge on any atom is -0.466 e. The van der Waals surface area contributed by atoms with E-state index in [1.165, 1.54) is 18.2 Å². The van der Waals surface area contributed by atoms with E-state index in [2.05, 4.69) is 0 Å². The van der Waals surface area contributed by atoms with Crippen LogP contribution in [0.2, 0.25) is 5.02 Å². The van der Waals surface area contributed by atoms with Crippen molar-refractivity contribution in [1.29, 1.82) is 5.26 Å². The summed E-state index contributed by atoms with van der Waals surface area (Å²) >= 11 is 6.00. The molecule has 26 heavy (non-hydrogen) atoms. The summed E-state index contributed by atoms with van der Waals surface area (Å²) in [5.74, 6) is -0.471. The summed E-state index contributed by atoms with van der Waals surface area (Å²) in [6.45, 7) is 1.94. The zero-order valence-electron chi connectivity index (χ0n) is 14.2. The van der Waals surface area contributed by atoms with Crippen molar-refractivity contribution in [2.45, 2.75) is 32.1 Å². The molecule has 0 saturated heterocycles. The van der Waals surface area contributed by atoms with Gasteiger partial charge in [0.1, 0.15) is 5.75 Å². The van der Waals surface area contributed by atoms with Crippen molar-refractivity contribution in [3.63, 3.8) is 0 Å². The lowest BCUT2D eigenvalue weighted by Crippen LogP contribution is -2.10. The van der Waals surface area contributed by atoms with Gasteiger partial charge in [0.25, 0.3) is 0 Å². The molecule has 6 heteroatoms. The largest absolute Gasteiger partial charge is 0.466 e. The van der Waals surface area contributed by atoms with E-state index in [0.717, 1.165) is 18.4 Å². The Morgan fingerprint density at radius 2 is 2.12 bits per heavy atom. The normalized spacial score (nSPS) is 13.2. The van der Waals surface area contributed by atoms with Gasteiger partial charge in [-0.25, -0.2) is 4.39 Å². The zero-order chi connectivity index (χ0) is 18.7. The second-order valence-electron chi connectivity index (χ2n) is 6.10. The first kappa shape index (κ1) is 18.2. The highest BCUT2D eigenvalue weighted by Crippen LogP contribution is 2.47. The summed E-state index contributed by atoms with van der Waals surface area (Å²) in [7, 11) is 0. The second kappa shape index (κ2) is 7.76. The van der Waals surface area contributed by atoms with E-state index in [1.54, 1.807) is 19.1 Å². The molecule has 0 atom stereocenters. The van der Waals surface area contributed by atoms with Gasteiger partial charge in [0.05, 0.1) is 24.7 Å². The molecule has 3 rings (SSSR count). The van der Waals surface area contributed by atoms with E-state index >= 15 is 4.39 Å². The quantitative estimate of drug-likeness (QED) is 0.659. The molecular formula is C20H17ClFNO3. The van der Waals surface area contributed by atoms with Gasteiger partial charge in [-0.1, -0.05) is 23.7 Å². The predicted octanol–water partition coefficient (Wildman–Crippen LogP) is 5.13. The molecule has 2 aromatic rings. The summed E-state index contributed by atoms with van der Waals surface area (Å²) in [5, 5.41) is 9.39. The number of carbonyl (C=O) groups is 1. The SMILES string of the molecule is CCOC(=O)Cc1ccc(C2CC2)c(Oc2cc(Cl)cc(C#N)c2)c1F. The Bertz CT molecular complexity index is 887. The Kier molecular flexibility index (Phi) is 5.43. The highest BCUT2D eigenvalue weighted by molar-refractivity contribution is 6.30. The zero-order valence-corrected chi connectivity index (χ0v) is 15.0. The Labute approximate surface area is 156 Å². The molecule has 1 saturated carbocycles. The second-order valence-corrected chi connectivity index (χ2v) is 6.54. The van der Waals surface area contributed by atoms with Crippen LogP contribution in [0.5, 0.6) is 11.5 Å². The fourth-order valence-electron chi connectivity index (χ4n) is 2.74. The van der Waals surface area contributed by atoms with Crippen LogP contribution in [0.15, 0.2) is 30.3 Å². The molecule has 0 amide bonds. The third-order valence-corrected chi connectivity index (χ3v) is 4.30. The molecule has 134 valence electrons. The number of nitriles is 1. The minimum absolute atomic E-state index is 0.0838. The number of esters is 1. The van der Waals surface area contributed by atoms with Crippen LogP contribution >= 0.6 is 11.6 Å². The van der Waals surface area contributed by atoms with Crippen molar-refractivity contribution in [3.05, 3.63) is 57.9 Å². The molecule has 0 unspecified atom stereocenters. The molecule has 1 fully saturated rings. The summed E-state index contributed by atoms with van der Waals surface area (Å²) < 4.78 is 25.7. The number of carbonyl (C=O) groups excluding carboxylic acids is 1. The highest BCUT2D eigenvalue weighted by atomic mass is 35.5. The molecule has 0 heterocycles. The van der Waals surface area contributed by atoms with Gasteiger partial charge in [-0.2, -0.15) is 5.26 Å². The Hall–Kier alpha value is -2.58. The monoisotopic (exact) mass is 373 g/mol. The van der Waals surface area contributed by atoms with Gasteiger partial charge < -0.3 is 9.47 Å². The molecule has 0 N–H and O–H groups in total. The summed E-state index contributed by atoms with van der Waals surface area (Å²) in [6, 6.07) is 9.91. The van der Waals surface area contributed by atoms with Crippen LogP contribution < -0.4 is 4.74 Å². The third-order valence-electron chi connectivity index (χ3n) is 4.09. The molecule has 0 radical (unpaired) electrons. The fourth-order valence-corrected chi connectivity index (χ4v) is 2.96. The van der Waals surface area contributed by atoms with Gasteiger partial charge in [0, 0.05) is 16.1 Å². The van der Waals surface area contributed by atoms with Gasteiger partial charge in [-0.05, 0) is 43.9 Å². The lowest BCUT2D eigenvalue weighted by molar-refractivity contribution is -0.142. The van der Waals surface area contributed by atoms with Crippen LogP contribution in [-0.2, 0) is 16.0 Å². The summed E-state index contributed by atoms with van der Waals surface area (Å²) in [5.41, 5.74) is 1.29. The van der Waals surface area contributed by atoms with Crippen LogP contribution in [-0.4, -0.2) is 12.6 Å².